The number of rotatable bonds is 1. The summed E-state index contributed by atoms with van der Waals surface area (Å²) >= 11 is 4.09. The first kappa shape index (κ1) is 8.01. The van der Waals surface area contributed by atoms with Crippen LogP contribution in [0, 0.1) is 6.92 Å². The van der Waals surface area contributed by atoms with E-state index in [1.165, 1.54) is 16.4 Å². The predicted molar refractivity (Wildman–Crippen MR) is 54.8 cm³/mol. The van der Waals surface area contributed by atoms with Crippen LogP contribution >= 0.6 is 22.5 Å². The molecule has 2 nitrogen and oxygen atoms in total. The van der Waals surface area contributed by atoms with Crippen LogP contribution in [-0.4, -0.2) is 9.38 Å². The minimum atomic E-state index is 0.934. The smallest absolute Gasteiger partial charge is 0.138 e. The summed E-state index contributed by atoms with van der Waals surface area (Å²) in [5.74, 6) is 0. The van der Waals surface area contributed by atoms with Crippen molar-refractivity contribution in [1.29, 1.82) is 0 Å². The van der Waals surface area contributed by atoms with Gasteiger partial charge in [0.2, 0.25) is 0 Å². The summed E-state index contributed by atoms with van der Waals surface area (Å²) in [5.41, 5.74) is 2.20. The van der Waals surface area contributed by atoms with Crippen molar-refractivity contribution >= 4 is 28.1 Å². The molecule has 0 aliphatic heterocycles. The van der Waals surface area contributed by atoms with Gasteiger partial charge in [-0.3, -0.25) is 0 Å². The van der Waals surface area contributed by atoms with Crippen LogP contribution in [0.4, 0.5) is 0 Å². The molecule has 0 unspecified atom stereocenters. The van der Waals surface area contributed by atoms with Crippen LogP contribution in [-0.2, 0) is 0 Å². The van der Waals surface area contributed by atoms with Gasteiger partial charge in [0.15, 0.2) is 0 Å². The summed E-state index contributed by atoms with van der Waals surface area (Å²) in [6, 6.07) is 4.05. The van der Waals surface area contributed by atoms with Gasteiger partial charge in [-0.25, -0.2) is 4.98 Å². The Bertz CT molecular complexity index is 408. The van der Waals surface area contributed by atoms with Gasteiger partial charge >= 0.3 is 0 Å². The van der Waals surface area contributed by atoms with Gasteiger partial charge in [0.05, 0.1) is 0 Å². The molecule has 62 valence electrons. The Morgan fingerprint density at radius 1 is 1.42 bits per heavy atom. The number of imidazole rings is 1. The maximum Gasteiger partial charge on any atom is 0.138 e. The maximum absolute atomic E-state index is 4.32. The molecule has 0 N–H and O–H groups in total. The molecule has 4 heteroatoms. The molecule has 0 bridgehead atoms. The minimum absolute atomic E-state index is 0.934. The highest BCUT2D eigenvalue weighted by atomic mass is 33.1. The van der Waals surface area contributed by atoms with E-state index in [0.29, 0.717) is 0 Å². The third-order valence-corrected chi connectivity index (χ3v) is 2.62. The van der Waals surface area contributed by atoms with Gasteiger partial charge in [0.1, 0.15) is 10.7 Å². The van der Waals surface area contributed by atoms with Gasteiger partial charge in [-0.1, -0.05) is 6.07 Å². The molecule has 0 saturated carbocycles. The summed E-state index contributed by atoms with van der Waals surface area (Å²) < 4.78 is 2.01. The zero-order valence-corrected chi connectivity index (χ0v) is 8.27. The number of hydrogen-bond donors (Lipinski definition) is 1. The first-order valence-electron chi connectivity index (χ1n) is 3.56. The van der Waals surface area contributed by atoms with Crippen molar-refractivity contribution in [2.24, 2.45) is 0 Å². The highest BCUT2D eigenvalue weighted by Gasteiger charge is 1.98. The molecule has 0 atom stereocenters. The molecule has 0 fully saturated rings. The van der Waals surface area contributed by atoms with Crippen LogP contribution in [0.2, 0.25) is 0 Å². The van der Waals surface area contributed by atoms with E-state index in [2.05, 4.69) is 35.8 Å². The number of aromatic nitrogens is 2. The largest absolute Gasteiger partial charge is 0.306 e. The molecule has 0 saturated heterocycles. The number of fused-ring (bicyclic) bond motifs is 1. The van der Waals surface area contributed by atoms with E-state index in [0.717, 1.165) is 10.7 Å². The number of thiol groups is 1. The second-order valence-corrected chi connectivity index (χ2v) is 3.79. The molecular weight excluding hydrogens is 188 g/mol. The van der Waals surface area contributed by atoms with E-state index in [-0.39, 0.29) is 0 Å². The Labute approximate surface area is 79.8 Å². The lowest BCUT2D eigenvalue weighted by atomic mass is 10.3. The van der Waals surface area contributed by atoms with Gasteiger partial charge in [0.25, 0.3) is 0 Å². The number of nitrogens with zero attached hydrogens (tertiary/aromatic N) is 2. The van der Waals surface area contributed by atoms with Crippen LogP contribution in [0.15, 0.2) is 29.6 Å². The molecule has 2 aromatic heterocycles. The zero-order valence-electron chi connectivity index (χ0n) is 6.56. The fraction of sp³-hybridized carbons (Fsp3) is 0.125. The molecule has 0 amide bonds. The van der Waals surface area contributed by atoms with Crippen molar-refractivity contribution in [1.82, 2.24) is 9.38 Å². The van der Waals surface area contributed by atoms with Crippen molar-refractivity contribution in [2.75, 3.05) is 0 Å². The summed E-state index contributed by atoms with van der Waals surface area (Å²) in [4.78, 5) is 4.32. The molecule has 0 aliphatic carbocycles. The Kier molecular flexibility index (Phi) is 2.02. The Morgan fingerprint density at radius 2 is 2.25 bits per heavy atom. The van der Waals surface area contributed by atoms with E-state index in [9.17, 15) is 0 Å². The summed E-state index contributed by atoms with van der Waals surface area (Å²) in [6.07, 6.45) is 4.02. The van der Waals surface area contributed by atoms with E-state index in [1.54, 1.807) is 0 Å². The molecule has 0 spiro atoms. The second-order valence-electron chi connectivity index (χ2n) is 2.64. The quantitative estimate of drug-likeness (QED) is 0.558. The Hall–Kier alpha value is -0.610. The maximum atomic E-state index is 4.32. The molecule has 2 heterocycles. The minimum Gasteiger partial charge on any atom is -0.306 e. The summed E-state index contributed by atoms with van der Waals surface area (Å²) in [7, 11) is 1.36. The van der Waals surface area contributed by atoms with Crippen molar-refractivity contribution in [3.8, 4) is 0 Å². The average molecular weight is 196 g/mol. The molecule has 0 aliphatic rings. The Morgan fingerprint density at radius 3 is 3.00 bits per heavy atom. The van der Waals surface area contributed by atoms with Crippen molar-refractivity contribution in [3.05, 3.63) is 30.1 Å². The highest BCUT2D eigenvalue weighted by Crippen LogP contribution is 2.20. The number of aryl methyl sites for hydroxylation is 1. The molecule has 2 aromatic rings. The van der Waals surface area contributed by atoms with Crippen LogP contribution in [0.25, 0.3) is 5.65 Å². The van der Waals surface area contributed by atoms with E-state index < -0.39 is 0 Å². The lowest BCUT2D eigenvalue weighted by molar-refractivity contribution is 1.15. The topological polar surface area (TPSA) is 17.3 Å². The first-order valence-corrected chi connectivity index (χ1v) is 5.43. The van der Waals surface area contributed by atoms with Crippen molar-refractivity contribution < 1.29 is 0 Å². The normalized spacial score (nSPS) is 10.8. The van der Waals surface area contributed by atoms with Gasteiger partial charge < -0.3 is 4.40 Å². The second kappa shape index (κ2) is 3.03. The lowest BCUT2D eigenvalue weighted by Gasteiger charge is -1.92. The SMILES string of the molecule is Cc1ccc2nc(SS)cn2c1. The molecule has 2 rings (SSSR count). The van der Waals surface area contributed by atoms with Crippen LogP contribution < -0.4 is 0 Å². The Balaban J connectivity index is 2.67. The van der Waals surface area contributed by atoms with Crippen LogP contribution in [0.3, 0.4) is 0 Å². The lowest BCUT2D eigenvalue weighted by Crippen LogP contribution is -1.82. The molecular formula is C8H8N2S2. The monoisotopic (exact) mass is 196 g/mol. The predicted octanol–water partition coefficient (Wildman–Crippen LogP) is 2.58. The molecule has 0 aromatic carbocycles. The molecule has 0 radical (unpaired) electrons. The van der Waals surface area contributed by atoms with E-state index in [1.807, 2.05) is 16.7 Å². The van der Waals surface area contributed by atoms with E-state index >= 15 is 0 Å². The number of hydrogen-bond acceptors (Lipinski definition) is 3. The fourth-order valence-electron chi connectivity index (χ4n) is 1.12. The van der Waals surface area contributed by atoms with Crippen molar-refractivity contribution in [3.63, 3.8) is 0 Å². The zero-order chi connectivity index (χ0) is 8.55. The standard InChI is InChI=1S/C8H8N2S2/c1-6-2-3-7-9-8(12-11)5-10(7)4-6/h2-5,11H,1H3. The van der Waals surface area contributed by atoms with Gasteiger partial charge in [-0.15, -0.1) is 11.7 Å². The van der Waals surface area contributed by atoms with Gasteiger partial charge in [-0.05, 0) is 29.3 Å². The van der Waals surface area contributed by atoms with Crippen molar-refractivity contribution in [2.45, 2.75) is 11.9 Å². The third-order valence-electron chi connectivity index (χ3n) is 1.67. The highest BCUT2D eigenvalue weighted by molar-refractivity contribution is 8.68. The third kappa shape index (κ3) is 1.32. The molecule has 12 heavy (non-hydrogen) atoms. The van der Waals surface area contributed by atoms with Gasteiger partial charge in [-0.2, -0.15) is 0 Å². The van der Waals surface area contributed by atoms with Crippen LogP contribution in [0.5, 0.6) is 0 Å². The summed E-state index contributed by atoms with van der Waals surface area (Å²) in [6.45, 7) is 2.06. The van der Waals surface area contributed by atoms with Gasteiger partial charge in [0, 0.05) is 12.4 Å². The first-order chi connectivity index (χ1) is 5.79. The van der Waals surface area contributed by atoms with E-state index in [4.69, 9.17) is 0 Å². The fourth-order valence-corrected chi connectivity index (χ4v) is 1.68. The number of pyridine rings is 1. The van der Waals surface area contributed by atoms with Crippen LogP contribution in [0.1, 0.15) is 5.56 Å². The summed E-state index contributed by atoms with van der Waals surface area (Å²) in [5, 5.41) is 0.934. The average Bonchev–Trinajstić information content (AvgIpc) is 2.46.